The Morgan fingerprint density at radius 2 is 2.00 bits per heavy atom. The summed E-state index contributed by atoms with van der Waals surface area (Å²) in [6.45, 7) is 0.716. The highest BCUT2D eigenvalue weighted by atomic mass is 32.2. The maximum Gasteiger partial charge on any atom is 0.410 e. The molecule has 0 bridgehead atoms. The molecule has 0 unspecified atom stereocenters. The van der Waals surface area contributed by atoms with Gasteiger partial charge in [0.2, 0.25) is 15.0 Å². The Morgan fingerprint density at radius 3 is 2.70 bits per heavy atom. The van der Waals surface area contributed by atoms with Crippen LogP contribution in [0, 0.1) is 0 Å². The van der Waals surface area contributed by atoms with Gasteiger partial charge < -0.3 is 4.74 Å². The number of amides is 1. The van der Waals surface area contributed by atoms with Crippen molar-refractivity contribution in [2.45, 2.75) is 24.9 Å². The molecule has 1 amide bonds. The molecule has 1 aromatic heterocycles. The molecule has 0 saturated heterocycles. The van der Waals surface area contributed by atoms with Crippen LogP contribution in [-0.2, 0) is 34.3 Å². The fraction of sp³-hybridized carbons (Fsp3) is 0.267. The van der Waals surface area contributed by atoms with Crippen molar-refractivity contribution < 1.29 is 17.9 Å². The second-order valence-electron chi connectivity index (χ2n) is 5.29. The molecule has 7 nitrogen and oxygen atoms in total. The van der Waals surface area contributed by atoms with Crippen LogP contribution in [0.15, 0.2) is 41.7 Å². The van der Waals surface area contributed by atoms with Crippen molar-refractivity contribution in [1.82, 2.24) is 14.9 Å². The van der Waals surface area contributed by atoms with Crippen molar-refractivity contribution in [3.8, 4) is 0 Å². The SMILES string of the molecule is CS(=O)(=O)c1ncc2c(n1)CN(C(=O)OCc1ccccc1)C2. The molecule has 120 valence electrons. The predicted octanol–water partition coefficient (Wildman–Crippen LogP) is 1.53. The summed E-state index contributed by atoms with van der Waals surface area (Å²) < 4.78 is 28.2. The Morgan fingerprint density at radius 1 is 1.26 bits per heavy atom. The molecule has 0 saturated carbocycles. The molecule has 8 heteroatoms. The number of rotatable bonds is 3. The van der Waals surface area contributed by atoms with Gasteiger partial charge >= 0.3 is 6.09 Å². The number of aromatic nitrogens is 2. The van der Waals surface area contributed by atoms with E-state index in [1.54, 1.807) is 0 Å². The van der Waals surface area contributed by atoms with Crippen LogP contribution >= 0.6 is 0 Å². The van der Waals surface area contributed by atoms with Gasteiger partial charge in [0.1, 0.15) is 6.61 Å². The van der Waals surface area contributed by atoms with Gasteiger partial charge in [0, 0.05) is 18.0 Å². The van der Waals surface area contributed by atoms with E-state index in [1.807, 2.05) is 30.3 Å². The topological polar surface area (TPSA) is 89.5 Å². The average molecular weight is 333 g/mol. The third kappa shape index (κ3) is 3.48. The van der Waals surface area contributed by atoms with Crippen molar-refractivity contribution in [2.24, 2.45) is 0 Å². The number of hydrogen-bond donors (Lipinski definition) is 0. The maximum absolute atomic E-state index is 12.1. The zero-order chi connectivity index (χ0) is 16.4. The standard InChI is InChI=1S/C15H15N3O4S/c1-23(20,21)14-16-7-12-8-18(9-13(12)17-14)15(19)22-10-11-5-3-2-4-6-11/h2-7H,8-10H2,1H3. The summed E-state index contributed by atoms with van der Waals surface area (Å²) in [6.07, 6.45) is 2.03. The Labute approximate surface area is 133 Å². The molecule has 0 fully saturated rings. The Kier molecular flexibility index (Phi) is 3.99. The third-order valence-corrected chi connectivity index (χ3v) is 4.29. The largest absolute Gasteiger partial charge is 0.445 e. The van der Waals surface area contributed by atoms with Crippen molar-refractivity contribution in [3.05, 3.63) is 53.3 Å². The molecule has 23 heavy (non-hydrogen) atoms. The van der Waals surface area contributed by atoms with Crippen LogP contribution in [0.2, 0.25) is 0 Å². The summed E-state index contributed by atoms with van der Waals surface area (Å²) in [5, 5.41) is -0.226. The van der Waals surface area contributed by atoms with E-state index in [0.29, 0.717) is 12.2 Å². The van der Waals surface area contributed by atoms with E-state index in [-0.39, 0.29) is 18.3 Å². The van der Waals surface area contributed by atoms with Crippen LogP contribution in [-0.4, -0.2) is 35.6 Å². The highest BCUT2D eigenvalue weighted by Crippen LogP contribution is 2.22. The van der Waals surface area contributed by atoms with Crippen molar-refractivity contribution >= 4 is 15.9 Å². The Balaban J connectivity index is 1.66. The van der Waals surface area contributed by atoms with Crippen molar-refractivity contribution in [3.63, 3.8) is 0 Å². The normalized spacial score (nSPS) is 13.7. The lowest BCUT2D eigenvalue weighted by Crippen LogP contribution is -2.26. The van der Waals surface area contributed by atoms with Gasteiger partial charge in [-0.05, 0) is 5.56 Å². The molecule has 3 rings (SSSR count). The second-order valence-corrected chi connectivity index (χ2v) is 7.20. The van der Waals surface area contributed by atoms with E-state index in [9.17, 15) is 13.2 Å². The quantitative estimate of drug-likeness (QED) is 0.791. The number of benzene rings is 1. The molecule has 1 aliphatic heterocycles. The fourth-order valence-corrected chi connectivity index (χ4v) is 2.77. The summed E-state index contributed by atoms with van der Waals surface area (Å²) in [4.78, 5) is 21.4. The molecular weight excluding hydrogens is 318 g/mol. The zero-order valence-corrected chi connectivity index (χ0v) is 13.3. The van der Waals surface area contributed by atoms with E-state index in [4.69, 9.17) is 4.74 Å². The smallest absolute Gasteiger partial charge is 0.410 e. The summed E-state index contributed by atoms with van der Waals surface area (Å²) in [7, 11) is -3.47. The van der Waals surface area contributed by atoms with Gasteiger partial charge in [-0.15, -0.1) is 0 Å². The Hall–Kier alpha value is -2.48. The molecule has 0 N–H and O–H groups in total. The van der Waals surface area contributed by atoms with Crippen molar-refractivity contribution in [2.75, 3.05) is 6.26 Å². The van der Waals surface area contributed by atoms with Crippen molar-refractivity contribution in [1.29, 1.82) is 0 Å². The number of fused-ring (bicyclic) bond motifs is 1. The lowest BCUT2D eigenvalue weighted by atomic mass is 10.2. The van der Waals surface area contributed by atoms with Gasteiger partial charge in [-0.25, -0.2) is 23.2 Å². The highest BCUT2D eigenvalue weighted by molar-refractivity contribution is 7.90. The molecular formula is C15H15N3O4S. The van der Waals surface area contributed by atoms with E-state index >= 15 is 0 Å². The summed E-state index contributed by atoms with van der Waals surface area (Å²) in [6, 6.07) is 9.38. The van der Waals surface area contributed by atoms with E-state index in [2.05, 4.69) is 9.97 Å². The first-order valence-electron chi connectivity index (χ1n) is 6.94. The van der Waals surface area contributed by atoms with E-state index in [0.717, 1.165) is 17.4 Å². The van der Waals surface area contributed by atoms with Crippen LogP contribution in [0.5, 0.6) is 0 Å². The van der Waals surface area contributed by atoms with Crippen LogP contribution in [0.4, 0.5) is 4.79 Å². The van der Waals surface area contributed by atoms with Gasteiger partial charge in [0.05, 0.1) is 18.8 Å². The maximum atomic E-state index is 12.1. The van der Waals surface area contributed by atoms with Crippen LogP contribution < -0.4 is 0 Å². The Bertz CT molecular complexity index is 837. The monoisotopic (exact) mass is 333 g/mol. The molecule has 2 aromatic rings. The number of hydrogen-bond acceptors (Lipinski definition) is 6. The predicted molar refractivity (Wildman–Crippen MR) is 81.0 cm³/mol. The average Bonchev–Trinajstić information content (AvgIpc) is 2.96. The minimum absolute atomic E-state index is 0.187. The first kappa shape index (κ1) is 15.4. The van der Waals surface area contributed by atoms with Gasteiger partial charge in [-0.2, -0.15) is 0 Å². The molecule has 1 aromatic carbocycles. The van der Waals surface area contributed by atoms with Crippen LogP contribution in [0.3, 0.4) is 0 Å². The summed E-state index contributed by atoms with van der Waals surface area (Å²) in [5.41, 5.74) is 2.17. The van der Waals surface area contributed by atoms with E-state index in [1.165, 1.54) is 11.1 Å². The van der Waals surface area contributed by atoms with Gasteiger partial charge in [-0.3, -0.25) is 4.90 Å². The molecule has 2 heterocycles. The first-order chi connectivity index (χ1) is 10.9. The molecule has 0 radical (unpaired) electrons. The third-order valence-electron chi connectivity index (χ3n) is 3.43. The molecule has 0 aliphatic carbocycles. The number of ether oxygens (including phenoxy) is 1. The number of carbonyl (C=O) groups excluding carboxylic acids is 1. The van der Waals surface area contributed by atoms with Gasteiger partial charge in [-0.1, -0.05) is 30.3 Å². The zero-order valence-electron chi connectivity index (χ0n) is 12.5. The number of sulfone groups is 1. The van der Waals surface area contributed by atoms with Gasteiger partial charge in [0.25, 0.3) is 0 Å². The lowest BCUT2D eigenvalue weighted by Gasteiger charge is -2.14. The van der Waals surface area contributed by atoms with Gasteiger partial charge in [0.15, 0.2) is 0 Å². The number of carbonyl (C=O) groups is 1. The van der Waals surface area contributed by atoms with E-state index < -0.39 is 15.9 Å². The minimum atomic E-state index is -3.47. The van der Waals surface area contributed by atoms with Crippen LogP contribution in [0.1, 0.15) is 16.8 Å². The minimum Gasteiger partial charge on any atom is -0.445 e. The molecule has 0 spiro atoms. The molecule has 0 atom stereocenters. The fourth-order valence-electron chi connectivity index (χ4n) is 2.25. The molecule has 1 aliphatic rings. The summed E-state index contributed by atoms with van der Waals surface area (Å²) in [5.74, 6) is 0. The second kappa shape index (κ2) is 5.96. The van der Waals surface area contributed by atoms with Crippen LogP contribution in [0.25, 0.3) is 0 Å². The highest BCUT2D eigenvalue weighted by Gasteiger charge is 2.27. The lowest BCUT2D eigenvalue weighted by molar-refractivity contribution is 0.0953. The number of nitrogens with zero attached hydrogens (tertiary/aromatic N) is 3. The first-order valence-corrected chi connectivity index (χ1v) is 8.83. The summed E-state index contributed by atoms with van der Waals surface area (Å²) >= 11 is 0.